The van der Waals surface area contributed by atoms with E-state index in [0.717, 1.165) is 34.5 Å². The number of nitrogens with one attached hydrogen (secondary N) is 1. The fourth-order valence-corrected chi connectivity index (χ4v) is 3.93. The molecule has 0 fully saturated rings. The summed E-state index contributed by atoms with van der Waals surface area (Å²) in [6.07, 6.45) is -0.456. The Morgan fingerprint density at radius 1 is 0.939 bits per heavy atom. The van der Waals surface area contributed by atoms with Crippen LogP contribution >= 0.6 is 0 Å². The summed E-state index contributed by atoms with van der Waals surface area (Å²) < 4.78 is 7.60. The molecule has 170 valence electrons. The first-order valence-electron chi connectivity index (χ1n) is 11.2. The van der Waals surface area contributed by atoms with Gasteiger partial charge in [0.25, 0.3) is 0 Å². The number of amides is 1. The molecule has 5 nitrogen and oxygen atoms in total. The monoisotopic (exact) mass is 441 g/mol. The lowest BCUT2D eigenvalue weighted by molar-refractivity contribution is 0.0636. The smallest absolute Gasteiger partial charge is 0.412 e. The molecule has 0 saturated heterocycles. The van der Waals surface area contributed by atoms with Gasteiger partial charge in [-0.3, -0.25) is 5.32 Å². The molecule has 1 N–H and O–H groups in total. The van der Waals surface area contributed by atoms with Gasteiger partial charge in [0.2, 0.25) is 0 Å². The molecule has 0 radical (unpaired) electrons. The number of fused-ring (bicyclic) bond motifs is 1. The van der Waals surface area contributed by atoms with Crippen LogP contribution in [-0.4, -0.2) is 21.2 Å². The second kappa shape index (κ2) is 8.74. The van der Waals surface area contributed by atoms with Crippen molar-refractivity contribution < 1.29 is 9.53 Å². The van der Waals surface area contributed by atoms with Crippen molar-refractivity contribution in [2.75, 3.05) is 5.32 Å². The lowest BCUT2D eigenvalue weighted by atomic mass is 10.0. The molecule has 33 heavy (non-hydrogen) atoms. The van der Waals surface area contributed by atoms with Crippen LogP contribution in [0, 0.1) is 20.8 Å². The molecule has 0 unspecified atom stereocenters. The van der Waals surface area contributed by atoms with E-state index in [2.05, 4.69) is 67.1 Å². The molecule has 4 aromatic rings. The van der Waals surface area contributed by atoms with Crippen LogP contribution in [-0.2, 0) is 11.3 Å². The van der Waals surface area contributed by atoms with Crippen LogP contribution in [0.4, 0.5) is 10.5 Å². The fourth-order valence-electron chi connectivity index (χ4n) is 3.93. The van der Waals surface area contributed by atoms with E-state index < -0.39 is 11.7 Å². The highest BCUT2D eigenvalue weighted by molar-refractivity contribution is 5.86. The minimum atomic E-state index is -0.530. The van der Waals surface area contributed by atoms with Crippen molar-refractivity contribution in [2.24, 2.45) is 0 Å². The summed E-state index contributed by atoms with van der Waals surface area (Å²) in [5, 5.41) is 2.78. The zero-order valence-corrected chi connectivity index (χ0v) is 20.2. The molecule has 0 saturated carbocycles. The predicted octanol–water partition coefficient (Wildman–Crippen LogP) is 7.02. The second-order valence-corrected chi connectivity index (χ2v) is 9.58. The number of imidazole rings is 1. The van der Waals surface area contributed by atoms with Gasteiger partial charge in [-0.2, -0.15) is 0 Å². The number of benzene rings is 3. The first kappa shape index (κ1) is 22.6. The number of aromatic nitrogens is 2. The van der Waals surface area contributed by atoms with Crippen molar-refractivity contribution in [3.8, 4) is 11.1 Å². The molecule has 5 heteroatoms. The Morgan fingerprint density at radius 3 is 2.33 bits per heavy atom. The molecule has 3 aromatic carbocycles. The Balaban J connectivity index is 1.61. The molecule has 0 atom stereocenters. The van der Waals surface area contributed by atoms with Gasteiger partial charge < -0.3 is 9.30 Å². The van der Waals surface area contributed by atoms with Crippen LogP contribution in [0.5, 0.6) is 0 Å². The number of aryl methyl sites for hydroxylation is 3. The number of rotatable bonds is 4. The van der Waals surface area contributed by atoms with Crippen LogP contribution in [0.1, 0.15) is 43.3 Å². The normalized spacial score (nSPS) is 11.6. The summed E-state index contributed by atoms with van der Waals surface area (Å²) in [5.41, 5.74) is 8.30. The van der Waals surface area contributed by atoms with Gasteiger partial charge in [0.15, 0.2) is 0 Å². The summed E-state index contributed by atoms with van der Waals surface area (Å²) in [7, 11) is 0. The van der Waals surface area contributed by atoms with E-state index in [-0.39, 0.29) is 0 Å². The maximum atomic E-state index is 12.0. The first-order chi connectivity index (χ1) is 15.6. The van der Waals surface area contributed by atoms with Gasteiger partial charge in [0.05, 0.1) is 11.0 Å². The molecule has 4 rings (SSSR count). The zero-order valence-electron chi connectivity index (χ0n) is 20.2. The van der Waals surface area contributed by atoms with Crippen molar-refractivity contribution in [2.45, 2.75) is 53.7 Å². The van der Waals surface area contributed by atoms with E-state index >= 15 is 0 Å². The third-order valence-corrected chi connectivity index (χ3v) is 5.64. The minimum Gasteiger partial charge on any atom is -0.444 e. The number of hydrogen-bond donors (Lipinski definition) is 1. The van der Waals surface area contributed by atoms with Crippen LogP contribution in [0.15, 0.2) is 60.7 Å². The standard InChI is InChI=1S/C28H31N3O2/c1-18-7-8-19(2)23(15-18)17-31-20(3)29-25-14-11-22(16-26(25)31)21-9-12-24(13-10-21)30-27(32)33-28(4,5)6/h7-16H,17H2,1-6H3,(H,30,32). The maximum Gasteiger partial charge on any atom is 0.412 e. The number of anilines is 1. The molecule has 0 aliphatic heterocycles. The zero-order chi connectivity index (χ0) is 23.8. The first-order valence-corrected chi connectivity index (χ1v) is 11.2. The minimum absolute atomic E-state index is 0.456. The Kier molecular flexibility index (Phi) is 5.98. The fraction of sp³-hybridized carbons (Fsp3) is 0.286. The third-order valence-electron chi connectivity index (χ3n) is 5.64. The lowest BCUT2D eigenvalue weighted by Crippen LogP contribution is -2.27. The van der Waals surface area contributed by atoms with Gasteiger partial charge in [-0.05, 0) is 88.1 Å². The predicted molar refractivity (Wildman–Crippen MR) is 135 cm³/mol. The summed E-state index contributed by atoms with van der Waals surface area (Å²) in [4.78, 5) is 16.8. The van der Waals surface area contributed by atoms with E-state index in [4.69, 9.17) is 9.72 Å². The average molecular weight is 442 g/mol. The van der Waals surface area contributed by atoms with Crippen molar-refractivity contribution in [3.63, 3.8) is 0 Å². The maximum absolute atomic E-state index is 12.0. The molecule has 0 spiro atoms. The number of carbonyl (C=O) groups excluding carboxylic acids is 1. The van der Waals surface area contributed by atoms with Gasteiger partial charge in [0, 0.05) is 12.2 Å². The highest BCUT2D eigenvalue weighted by Crippen LogP contribution is 2.27. The van der Waals surface area contributed by atoms with Crippen LogP contribution in [0.2, 0.25) is 0 Å². The quantitative estimate of drug-likeness (QED) is 0.370. The molecular formula is C28H31N3O2. The topological polar surface area (TPSA) is 56.2 Å². The van der Waals surface area contributed by atoms with Crippen molar-refractivity contribution in [1.82, 2.24) is 9.55 Å². The SMILES string of the molecule is Cc1ccc(C)c(Cn2c(C)nc3ccc(-c4ccc(NC(=O)OC(C)(C)C)cc4)cc32)c1. The van der Waals surface area contributed by atoms with Gasteiger partial charge in [0.1, 0.15) is 11.4 Å². The van der Waals surface area contributed by atoms with Crippen molar-refractivity contribution in [1.29, 1.82) is 0 Å². The van der Waals surface area contributed by atoms with E-state index in [0.29, 0.717) is 5.69 Å². The highest BCUT2D eigenvalue weighted by atomic mass is 16.6. The van der Waals surface area contributed by atoms with E-state index in [1.54, 1.807) is 0 Å². The van der Waals surface area contributed by atoms with Crippen molar-refractivity contribution in [3.05, 3.63) is 83.2 Å². The number of ether oxygens (including phenoxy) is 1. The van der Waals surface area contributed by atoms with E-state index in [1.807, 2.05) is 45.0 Å². The van der Waals surface area contributed by atoms with Crippen LogP contribution in [0.3, 0.4) is 0 Å². The van der Waals surface area contributed by atoms with Gasteiger partial charge in [-0.1, -0.05) is 42.0 Å². The Hall–Kier alpha value is -3.60. The average Bonchev–Trinajstić information content (AvgIpc) is 3.04. The summed E-state index contributed by atoms with van der Waals surface area (Å²) >= 11 is 0. The second-order valence-electron chi connectivity index (χ2n) is 9.58. The Bertz CT molecular complexity index is 1310. The van der Waals surface area contributed by atoms with Gasteiger partial charge in [-0.25, -0.2) is 9.78 Å². The molecule has 0 aliphatic carbocycles. The Labute approximate surface area is 195 Å². The number of nitrogens with zero attached hydrogens (tertiary/aromatic N) is 2. The Morgan fingerprint density at radius 2 is 1.64 bits per heavy atom. The van der Waals surface area contributed by atoms with Gasteiger partial charge >= 0.3 is 6.09 Å². The molecule has 0 bridgehead atoms. The molecule has 1 heterocycles. The summed E-state index contributed by atoms with van der Waals surface area (Å²) in [6.45, 7) is 12.7. The van der Waals surface area contributed by atoms with E-state index in [9.17, 15) is 4.79 Å². The summed E-state index contributed by atoms with van der Waals surface area (Å²) in [5.74, 6) is 1.000. The molecule has 0 aliphatic rings. The highest BCUT2D eigenvalue weighted by Gasteiger charge is 2.16. The molecule has 1 amide bonds. The van der Waals surface area contributed by atoms with Crippen molar-refractivity contribution >= 4 is 22.8 Å². The molecule has 1 aromatic heterocycles. The number of carbonyl (C=O) groups is 1. The summed E-state index contributed by atoms with van der Waals surface area (Å²) in [6, 6.07) is 20.7. The van der Waals surface area contributed by atoms with Crippen LogP contribution < -0.4 is 5.32 Å². The van der Waals surface area contributed by atoms with E-state index in [1.165, 1.54) is 16.7 Å². The largest absolute Gasteiger partial charge is 0.444 e. The lowest BCUT2D eigenvalue weighted by Gasteiger charge is -2.19. The van der Waals surface area contributed by atoms with Crippen LogP contribution in [0.25, 0.3) is 22.2 Å². The number of hydrogen-bond acceptors (Lipinski definition) is 3. The third kappa shape index (κ3) is 5.25. The van der Waals surface area contributed by atoms with Gasteiger partial charge in [-0.15, -0.1) is 0 Å². The molecular weight excluding hydrogens is 410 g/mol.